The molecule has 0 bridgehead atoms. The van der Waals surface area contributed by atoms with E-state index in [0.717, 1.165) is 6.42 Å². The highest BCUT2D eigenvalue weighted by Crippen LogP contribution is 2.29. The smallest absolute Gasteiger partial charge is 0.203 e. The Labute approximate surface area is 153 Å². The molecule has 0 aliphatic rings. The molecule has 2 rings (SSSR count). The van der Waals surface area contributed by atoms with Crippen LogP contribution < -0.4 is 14.2 Å². The van der Waals surface area contributed by atoms with E-state index in [2.05, 4.69) is 0 Å². The lowest BCUT2D eigenvalue weighted by atomic mass is 10.0. The third-order valence-corrected chi connectivity index (χ3v) is 3.66. The summed E-state index contributed by atoms with van der Waals surface area (Å²) >= 11 is 0. The van der Waals surface area contributed by atoms with Crippen molar-refractivity contribution >= 4 is 11.9 Å². The third-order valence-electron chi connectivity index (χ3n) is 3.66. The normalized spacial score (nSPS) is 10.8. The molecule has 134 valence electrons. The number of allylic oxidation sites excluding steroid dienone is 1. The van der Waals surface area contributed by atoms with Gasteiger partial charge in [0.05, 0.1) is 20.8 Å². The summed E-state index contributed by atoms with van der Waals surface area (Å²) in [6.45, 7) is 2.56. The van der Waals surface area contributed by atoms with E-state index in [0.29, 0.717) is 35.0 Å². The predicted molar refractivity (Wildman–Crippen MR) is 99.7 cm³/mol. The fourth-order valence-corrected chi connectivity index (χ4v) is 2.34. The Bertz CT molecular complexity index is 849. The first kappa shape index (κ1) is 19.1. The van der Waals surface area contributed by atoms with E-state index in [4.69, 9.17) is 14.2 Å². The Morgan fingerprint density at radius 3 is 2.58 bits per heavy atom. The molecule has 0 saturated heterocycles. The van der Waals surface area contributed by atoms with E-state index in [1.807, 2.05) is 13.0 Å². The zero-order valence-electron chi connectivity index (χ0n) is 15.1. The maximum absolute atomic E-state index is 12.6. The number of ketones is 1. The predicted octanol–water partition coefficient (Wildman–Crippen LogP) is 4.28. The number of carbonyl (C=O) groups excluding carboxylic acids is 1. The van der Waals surface area contributed by atoms with Crippen LogP contribution in [-0.2, 0) is 0 Å². The van der Waals surface area contributed by atoms with Crippen LogP contribution in [0.15, 0.2) is 48.0 Å². The molecule has 2 aromatic carbocycles. The van der Waals surface area contributed by atoms with Gasteiger partial charge in [-0.05, 0) is 42.3 Å². The first-order valence-corrected chi connectivity index (χ1v) is 8.24. The molecule has 0 amide bonds. The third kappa shape index (κ3) is 4.64. The van der Waals surface area contributed by atoms with Gasteiger partial charge in [0.25, 0.3) is 0 Å². The van der Waals surface area contributed by atoms with Crippen LogP contribution in [0.2, 0.25) is 0 Å². The Morgan fingerprint density at radius 1 is 1.12 bits per heavy atom. The van der Waals surface area contributed by atoms with Gasteiger partial charge in [0.2, 0.25) is 5.78 Å². The minimum absolute atomic E-state index is 0.0323. The van der Waals surface area contributed by atoms with Crippen LogP contribution in [-0.4, -0.2) is 26.6 Å². The maximum atomic E-state index is 12.6. The van der Waals surface area contributed by atoms with Crippen molar-refractivity contribution in [2.24, 2.45) is 0 Å². The van der Waals surface area contributed by atoms with Crippen LogP contribution in [0, 0.1) is 11.3 Å². The minimum atomic E-state index is -0.363. The van der Waals surface area contributed by atoms with Crippen molar-refractivity contribution in [3.8, 4) is 23.3 Å². The van der Waals surface area contributed by atoms with Gasteiger partial charge in [-0.25, -0.2) is 0 Å². The number of carbonyl (C=O) groups is 1. The molecule has 0 fully saturated rings. The van der Waals surface area contributed by atoms with E-state index < -0.39 is 0 Å². The lowest BCUT2D eigenvalue weighted by Crippen LogP contribution is -2.02. The lowest BCUT2D eigenvalue weighted by molar-refractivity contribution is 0.103. The van der Waals surface area contributed by atoms with Crippen molar-refractivity contribution in [3.05, 3.63) is 59.2 Å². The van der Waals surface area contributed by atoms with Gasteiger partial charge in [0.15, 0.2) is 11.5 Å². The monoisotopic (exact) mass is 351 g/mol. The van der Waals surface area contributed by atoms with Crippen LogP contribution in [0.1, 0.15) is 29.3 Å². The number of hydrogen-bond acceptors (Lipinski definition) is 5. The van der Waals surface area contributed by atoms with Gasteiger partial charge in [0.1, 0.15) is 17.4 Å². The first-order chi connectivity index (χ1) is 12.6. The Morgan fingerprint density at radius 2 is 1.92 bits per heavy atom. The highest BCUT2D eigenvalue weighted by atomic mass is 16.5. The van der Waals surface area contributed by atoms with E-state index in [1.54, 1.807) is 55.7 Å². The summed E-state index contributed by atoms with van der Waals surface area (Å²) in [4.78, 5) is 12.6. The highest BCUT2D eigenvalue weighted by molar-refractivity contribution is 6.14. The number of Topliss-reactive ketones (excluding diaryl/α,β-unsaturated/α-hetero) is 1. The van der Waals surface area contributed by atoms with Gasteiger partial charge >= 0.3 is 0 Å². The zero-order valence-corrected chi connectivity index (χ0v) is 15.1. The van der Waals surface area contributed by atoms with Crippen molar-refractivity contribution in [2.45, 2.75) is 13.3 Å². The van der Waals surface area contributed by atoms with Gasteiger partial charge in [-0.3, -0.25) is 4.79 Å². The van der Waals surface area contributed by atoms with Gasteiger partial charge < -0.3 is 14.2 Å². The van der Waals surface area contributed by atoms with E-state index in [-0.39, 0.29) is 11.4 Å². The summed E-state index contributed by atoms with van der Waals surface area (Å²) in [5, 5.41) is 9.43. The van der Waals surface area contributed by atoms with Gasteiger partial charge in [-0.1, -0.05) is 25.1 Å². The van der Waals surface area contributed by atoms with Crippen LogP contribution in [0.4, 0.5) is 0 Å². The molecule has 0 atom stereocenters. The summed E-state index contributed by atoms with van der Waals surface area (Å²) in [6.07, 6.45) is 2.40. The van der Waals surface area contributed by atoms with E-state index >= 15 is 0 Å². The fourth-order valence-electron chi connectivity index (χ4n) is 2.34. The fraction of sp³-hybridized carbons (Fsp3) is 0.238. The topological polar surface area (TPSA) is 68.5 Å². The summed E-state index contributed by atoms with van der Waals surface area (Å²) in [6, 6.07) is 14.0. The molecular weight excluding hydrogens is 330 g/mol. The standard InChI is InChI=1S/C21H21NO4/c1-4-10-26-20-12-15(8-9-19(20)25-3)11-17(14-22)21(23)16-6-5-7-18(13-16)24-2/h5-9,11-13H,4,10H2,1-3H3/b17-11+. The van der Waals surface area contributed by atoms with Crippen molar-refractivity contribution in [1.82, 2.24) is 0 Å². The second-order valence-corrected chi connectivity index (χ2v) is 5.49. The molecule has 0 aromatic heterocycles. The van der Waals surface area contributed by atoms with Crippen molar-refractivity contribution < 1.29 is 19.0 Å². The second kappa shape index (κ2) is 9.28. The summed E-state index contributed by atoms with van der Waals surface area (Å²) in [5.41, 5.74) is 1.11. The molecule has 0 radical (unpaired) electrons. The molecule has 0 aliphatic heterocycles. The molecule has 0 heterocycles. The van der Waals surface area contributed by atoms with Crippen LogP contribution in [0.25, 0.3) is 6.08 Å². The quantitative estimate of drug-likeness (QED) is 0.403. The maximum Gasteiger partial charge on any atom is 0.203 e. The Hall–Kier alpha value is -3.26. The highest BCUT2D eigenvalue weighted by Gasteiger charge is 2.14. The Kier molecular flexibility index (Phi) is 6.81. The van der Waals surface area contributed by atoms with Crippen molar-refractivity contribution in [3.63, 3.8) is 0 Å². The van der Waals surface area contributed by atoms with Crippen LogP contribution >= 0.6 is 0 Å². The van der Waals surface area contributed by atoms with E-state index in [9.17, 15) is 10.1 Å². The average Bonchev–Trinajstić information content (AvgIpc) is 2.70. The Balaban J connectivity index is 2.35. The zero-order chi connectivity index (χ0) is 18.9. The number of methoxy groups -OCH3 is 2. The van der Waals surface area contributed by atoms with Gasteiger partial charge in [-0.2, -0.15) is 5.26 Å². The lowest BCUT2D eigenvalue weighted by Gasteiger charge is -2.10. The molecule has 0 aliphatic carbocycles. The average molecular weight is 351 g/mol. The largest absolute Gasteiger partial charge is 0.497 e. The second-order valence-electron chi connectivity index (χ2n) is 5.49. The van der Waals surface area contributed by atoms with Crippen molar-refractivity contribution in [1.29, 1.82) is 5.26 Å². The number of nitriles is 1. The molecule has 0 N–H and O–H groups in total. The summed E-state index contributed by atoms with van der Waals surface area (Å²) in [7, 11) is 3.09. The number of benzene rings is 2. The van der Waals surface area contributed by atoms with Crippen LogP contribution in [0.3, 0.4) is 0 Å². The molecular formula is C21H21NO4. The van der Waals surface area contributed by atoms with Gasteiger partial charge in [0, 0.05) is 5.56 Å². The number of nitrogens with zero attached hydrogens (tertiary/aromatic N) is 1. The number of ether oxygens (including phenoxy) is 3. The van der Waals surface area contributed by atoms with Crippen LogP contribution in [0.5, 0.6) is 17.2 Å². The number of hydrogen-bond donors (Lipinski definition) is 0. The van der Waals surface area contributed by atoms with E-state index in [1.165, 1.54) is 7.11 Å². The molecule has 5 heteroatoms. The molecule has 26 heavy (non-hydrogen) atoms. The van der Waals surface area contributed by atoms with Gasteiger partial charge in [-0.15, -0.1) is 0 Å². The molecule has 0 spiro atoms. The molecule has 5 nitrogen and oxygen atoms in total. The summed E-state index contributed by atoms with van der Waals surface area (Å²) < 4.78 is 16.1. The molecule has 2 aromatic rings. The SMILES string of the molecule is CCCOc1cc(/C=C(\C#N)C(=O)c2cccc(OC)c2)ccc1OC. The molecule has 0 saturated carbocycles. The minimum Gasteiger partial charge on any atom is -0.497 e. The van der Waals surface area contributed by atoms with Crippen molar-refractivity contribution in [2.75, 3.05) is 20.8 Å². The molecule has 0 unspecified atom stereocenters. The first-order valence-electron chi connectivity index (χ1n) is 8.24. The number of rotatable bonds is 8. The summed E-state index contributed by atoms with van der Waals surface area (Å²) in [5.74, 6) is 1.38.